The average Bonchev–Trinajstić information content (AvgIpc) is 3.18. The van der Waals surface area contributed by atoms with Crippen molar-refractivity contribution in [3.8, 4) is 5.75 Å². The number of rotatable bonds is 4. The number of carbonyl (C=O) groups is 3. The van der Waals surface area contributed by atoms with Gasteiger partial charge in [0.2, 0.25) is 0 Å². The number of ketones is 1. The zero-order valence-corrected chi connectivity index (χ0v) is 20.2. The predicted octanol–water partition coefficient (Wildman–Crippen LogP) is 6.08. The standard InChI is InChI=1S/C28H29NO6/c1-4-33-27(32)18-6-5-7-19(14-18)29-26(31)25-17(3)23-21(34-25)8-9-22-24(23)20(30)15-28(35-22)12-10-16(2)11-13-28/h5-9,14,16H,4,10-13,15H2,1-3H3,(H,29,31). The molecule has 7 nitrogen and oxygen atoms in total. The molecular weight excluding hydrogens is 446 g/mol. The SMILES string of the molecule is CCOC(=O)c1cccc(NC(=O)c2oc3ccc4c(c3c2C)C(=O)CC2(CCC(C)CC2)O4)c1. The number of Topliss-reactive ketones (excluding diaryl/α,β-unsaturated/α-hetero) is 1. The smallest absolute Gasteiger partial charge is 0.338 e. The summed E-state index contributed by atoms with van der Waals surface area (Å²) in [5.74, 6) is 0.452. The molecule has 0 bridgehead atoms. The topological polar surface area (TPSA) is 94.8 Å². The second-order valence-electron chi connectivity index (χ2n) is 9.69. The van der Waals surface area contributed by atoms with Gasteiger partial charge in [-0.3, -0.25) is 9.59 Å². The van der Waals surface area contributed by atoms with Gasteiger partial charge in [-0.1, -0.05) is 13.0 Å². The Morgan fingerprint density at radius 2 is 1.94 bits per heavy atom. The van der Waals surface area contributed by atoms with E-state index in [2.05, 4.69) is 12.2 Å². The van der Waals surface area contributed by atoms with E-state index in [1.165, 1.54) is 0 Å². The first-order chi connectivity index (χ1) is 16.8. The Morgan fingerprint density at radius 3 is 2.69 bits per heavy atom. The molecule has 2 aromatic carbocycles. The summed E-state index contributed by atoms with van der Waals surface area (Å²) in [5.41, 5.74) is 1.91. The van der Waals surface area contributed by atoms with Gasteiger partial charge in [0.05, 0.1) is 24.2 Å². The number of ether oxygens (including phenoxy) is 2. The Kier molecular flexibility index (Phi) is 5.87. The lowest BCUT2D eigenvalue weighted by Gasteiger charge is -2.42. The minimum atomic E-state index is -0.463. The van der Waals surface area contributed by atoms with E-state index in [1.807, 2.05) is 0 Å². The van der Waals surface area contributed by atoms with Crippen LogP contribution in [-0.2, 0) is 4.74 Å². The molecule has 3 aromatic rings. The number of aryl methyl sites for hydroxylation is 1. The lowest BCUT2D eigenvalue weighted by Crippen LogP contribution is -2.44. The maximum atomic E-state index is 13.4. The van der Waals surface area contributed by atoms with Crippen LogP contribution in [0.25, 0.3) is 11.0 Å². The van der Waals surface area contributed by atoms with Crippen LogP contribution in [0.3, 0.4) is 0 Å². The van der Waals surface area contributed by atoms with E-state index in [9.17, 15) is 14.4 Å². The van der Waals surface area contributed by atoms with Gasteiger partial charge in [-0.05, 0) is 75.8 Å². The molecule has 35 heavy (non-hydrogen) atoms. The van der Waals surface area contributed by atoms with Crippen molar-refractivity contribution in [2.24, 2.45) is 5.92 Å². The normalized spacial score (nSPS) is 21.5. The van der Waals surface area contributed by atoms with Crippen molar-refractivity contribution in [1.82, 2.24) is 0 Å². The van der Waals surface area contributed by atoms with Crippen LogP contribution in [0.15, 0.2) is 40.8 Å². The van der Waals surface area contributed by atoms with Crippen LogP contribution in [0.5, 0.6) is 5.75 Å². The van der Waals surface area contributed by atoms with Gasteiger partial charge in [0.15, 0.2) is 11.5 Å². The number of hydrogen-bond acceptors (Lipinski definition) is 6. The molecule has 0 radical (unpaired) electrons. The first-order valence-corrected chi connectivity index (χ1v) is 12.2. The van der Waals surface area contributed by atoms with Gasteiger partial charge in [-0.2, -0.15) is 0 Å². The summed E-state index contributed by atoms with van der Waals surface area (Å²) in [6, 6.07) is 10.1. The van der Waals surface area contributed by atoms with E-state index in [1.54, 1.807) is 50.2 Å². The molecule has 0 unspecified atom stereocenters. The molecule has 0 saturated heterocycles. The number of esters is 1. The maximum absolute atomic E-state index is 13.4. The molecule has 2 aliphatic rings. The molecular formula is C28H29NO6. The molecule has 1 aliphatic heterocycles. The fourth-order valence-corrected chi connectivity index (χ4v) is 5.24. The highest BCUT2D eigenvalue weighted by atomic mass is 16.5. The molecule has 1 fully saturated rings. The molecule has 1 amide bonds. The first kappa shape index (κ1) is 23.1. The highest BCUT2D eigenvalue weighted by Crippen LogP contribution is 2.46. The third-order valence-electron chi connectivity index (χ3n) is 7.17. The van der Waals surface area contributed by atoms with Gasteiger partial charge >= 0.3 is 5.97 Å². The van der Waals surface area contributed by atoms with Crippen molar-refractivity contribution in [2.75, 3.05) is 11.9 Å². The van der Waals surface area contributed by atoms with Crippen LogP contribution in [0.1, 0.15) is 82.8 Å². The van der Waals surface area contributed by atoms with Crippen LogP contribution in [0, 0.1) is 12.8 Å². The lowest BCUT2D eigenvalue weighted by molar-refractivity contribution is 0.00429. The molecule has 0 atom stereocenters. The summed E-state index contributed by atoms with van der Waals surface area (Å²) in [6.07, 6.45) is 4.20. The fourth-order valence-electron chi connectivity index (χ4n) is 5.24. The Hall–Kier alpha value is -3.61. The van der Waals surface area contributed by atoms with Gasteiger partial charge in [0, 0.05) is 16.6 Å². The zero-order valence-electron chi connectivity index (χ0n) is 20.2. The molecule has 1 saturated carbocycles. The molecule has 182 valence electrons. The molecule has 1 N–H and O–H groups in total. The van der Waals surface area contributed by atoms with E-state index >= 15 is 0 Å². The number of hydrogen-bond donors (Lipinski definition) is 1. The first-order valence-electron chi connectivity index (χ1n) is 12.2. The predicted molar refractivity (Wildman–Crippen MR) is 131 cm³/mol. The quantitative estimate of drug-likeness (QED) is 0.459. The van der Waals surface area contributed by atoms with Gasteiger partial charge in [-0.15, -0.1) is 0 Å². The van der Waals surface area contributed by atoms with Gasteiger partial charge < -0.3 is 19.2 Å². The van der Waals surface area contributed by atoms with E-state index in [0.29, 0.717) is 51.4 Å². The Balaban J connectivity index is 1.45. The summed E-state index contributed by atoms with van der Waals surface area (Å²) < 4.78 is 17.4. The number of amides is 1. The minimum Gasteiger partial charge on any atom is -0.486 e. The molecule has 1 aromatic heterocycles. The van der Waals surface area contributed by atoms with Gasteiger partial charge in [0.1, 0.15) is 16.9 Å². The van der Waals surface area contributed by atoms with E-state index in [-0.39, 0.29) is 18.2 Å². The second-order valence-corrected chi connectivity index (χ2v) is 9.69. The van der Waals surface area contributed by atoms with Gasteiger partial charge in [-0.25, -0.2) is 4.79 Å². The van der Waals surface area contributed by atoms with Crippen LogP contribution in [0.4, 0.5) is 5.69 Å². The Morgan fingerprint density at radius 1 is 1.17 bits per heavy atom. The summed E-state index contributed by atoms with van der Waals surface area (Å²) in [4.78, 5) is 38.5. The Labute approximate surface area is 203 Å². The maximum Gasteiger partial charge on any atom is 0.338 e. The summed E-state index contributed by atoms with van der Waals surface area (Å²) in [7, 11) is 0. The van der Waals surface area contributed by atoms with E-state index in [0.717, 1.165) is 25.7 Å². The average molecular weight is 476 g/mol. The molecule has 7 heteroatoms. The number of fused-ring (bicyclic) bond motifs is 3. The number of furan rings is 1. The lowest BCUT2D eigenvalue weighted by atomic mass is 9.74. The van der Waals surface area contributed by atoms with Crippen molar-refractivity contribution < 1.29 is 28.3 Å². The third-order valence-corrected chi connectivity index (χ3v) is 7.17. The number of benzene rings is 2. The van der Waals surface area contributed by atoms with E-state index in [4.69, 9.17) is 13.9 Å². The largest absolute Gasteiger partial charge is 0.486 e. The second kappa shape index (κ2) is 8.87. The number of nitrogens with one attached hydrogen (secondary N) is 1. The summed E-state index contributed by atoms with van der Waals surface area (Å²) in [6.45, 7) is 6.01. The van der Waals surface area contributed by atoms with Gasteiger partial charge in [0.25, 0.3) is 5.91 Å². The molecule has 2 heterocycles. The monoisotopic (exact) mass is 475 g/mol. The van der Waals surface area contributed by atoms with Crippen LogP contribution in [-0.4, -0.2) is 29.9 Å². The minimum absolute atomic E-state index is 0.0319. The Bertz CT molecular complexity index is 1330. The van der Waals surface area contributed by atoms with Crippen LogP contribution < -0.4 is 10.1 Å². The van der Waals surface area contributed by atoms with Crippen LogP contribution in [0.2, 0.25) is 0 Å². The van der Waals surface area contributed by atoms with Crippen LogP contribution >= 0.6 is 0 Å². The van der Waals surface area contributed by atoms with Crippen molar-refractivity contribution in [3.63, 3.8) is 0 Å². The van der Waals surface area contributed by atoms with Crippen molar-refractivity contribution in [2.45, 2.75) is 58.5 Å². The van der Waals surface area contributed by atoms with Crippen molar-refractivity contribution in [1.29, 1.82) is 0 Å². The molecule has 5 rings (SSSR count). The van der Waals surface area contributed by atoms with Crippen molar-refractivity contribution in [3.05, 3.63) is 58.8 Å². The zero-order chi connectivity index (χ0) is 24.7. The number of anilines is 1. The fraction of sp³-hybridized carbons (Fsp3) is 0.393. The summed E-state index contributed by atoms with van der Waals surface area (Å²) >= 11 is 0. The third kappa shape index (κ3) is 4.20. The molecule has 1 spiro atoms. The number of carbonyl (C=O) groups excluding carboxylic acids is 3. The highest BCUT2D eigenvalue weighted by molar-refractivity contribution is 6.15. The van der Waals surface area contributed by atoms with Crippen molar-refractivity contribution >= 4 is 34.3 Å². The van der Waals surface area contributed by atoms with E-state index < -0.39 is 17.5 Å². The highest BCUT2D eigenvalue weighted by Gasteiger charge is 2.43. The summed E-state index contributed by atoms with van der Waals surface area (Å²) in [5, 5.41) is 3.40. The molecule has 1 aliphatic carbocycles.